The molecule has 0 spiro atoms. The first-order valence-corrected chi connectivity index (χ1v) is 9.43. The highest BCUT2D eigenvalue weighted by Crippen LogP contribution is 2.42. The smallest absolute Gasteiger partial charge is 0.280 e. The van der Waals surface area contributed by atoms with Gasteiger partial charge in [0.15, 0.2) is 17.0 Å². The first kappa shape index (κ1) is 16.9. The van der Waals surface area contributed by atoms with Crippen molar-refractivity contribution in [1.29, 1.82) is 0 Å². The van der Waals surface area contributed by atoms with Crippen molar-refractivity contribution in [2.75, 3.05) is 0 Å². The molecule has 0 saturated heterocycles. The molecule has 5 rings (SSSR count). The van der Waals surface area contributed by atoms with E-state index in [2.05, 4.69) is 44.4 Å². The molecule has 3 heterocycles. The third-order valence-electron chi connectivity index (χ3n) is 5.56. The number of aryl methyl sites for hydroxylation is 1. The Morgan fingerprint density at radius 2 is 1.89 bits per heavy atom. The van der Waals surface area contributed by atoms with E-state index in [4.69, 9.17) is 4.52 Å². The molecule has 1 aliphatic carbocycles. The lowest BCUT2D eigenvalue weighted by molar-refractivity contribution is 0.361. The van der Waals surface area contributed by atoms with E-state index in [9.17, 15) is 4.79 Å². The van der Waals surface area contributed by atoms with Crippen LogP contribution < -0.4 is 5.56 Å². The molecule has 0 radical (unpaired) electrons. The molecule has 0 bridgehead atoms. The zero-order chi connectivity index (χ0) is 19.1. The van der Waals surface area contributed by atoms with Crippen molar-refractivity contribution in [2.24, 2.45) is 7.05 Å². The van der Waals surface area contributed by atoms with Crippen LogP contribution in [0.5, 0.6) is 0 Å². The molecule has 1 aromatic carbocycles. The Bertz CT molecular complexity index is 1180. The van der Waals surface area contributed by atoms with Gasteiger partial charge in [0.05, 0.1) is 6.33 Å². The van der Waals surface area contributed by atoms with Gasteiger partial charge in [0.1, 0.15) is 12.9 Å². The van der Waals surface area contributed by atoms with Crippen molar-refractivity contribution in [3.05, 3.63) is 70.6 Å². The van der Waals surface area contributed by atoms with Crippen LogP contribution in [-0.2, 0) is 13.6 Å². The summed E-state index contributed by atoms with van der Waals surface area (Å²) in [6.45, 7) is 0.203. The van der Waals surface area contributed by atoms with E-state index < -0.39 is 0 Å². The molecule has 8 nitrogen and oxygen atoms in total. The second-order valence-electron chi connectivity index (χ2n) is 7.37. The Hall–Kier alpha value is -3.29. The maximum Gasteiger partial charge on any atom is 0.280 e. The van der Waals surface area contributed by atoms with Crippen molar-refractivity contribution in [3.8, 4) is 0 Å². The van der Waals surface area contributed by atoms with Gasteiger partial charge in [0.2, 0.25) is 5.89 Å². The summed E-state index contributed by atoms with van der Waals surface area (Å²) in [5.41, 5.74) is 2.10. The van der Waals surface area contributed by atoms with Gasteiger partial charge in [0.25, 0.3) is 5.56 Å². The molecule has 2 unspecified atom stereocenters. The molecule has 2 atom stereocenters. The van der Waals surface area contributed by atoms with Gasteiger partial charge in [-0.15, -0.1) is 0 Å². The van der Waals surface area contributed by atoms with E-state index in [0.29, 0.717) is 23.0 Å². The first-order chi connectivity index (χ1) is 13.7. The number of imidazole rings is 1. The van der Waals surface area contributed by atoms with Gasteiger partial charge in [0, 0.05) is 13.0 Å². The molecular weight excluding hydrogens is 356 g/mol. The van der Waals surface area contributed by atoms with Crippen LogP contribution in [0.15, 0.2) is 52.3 Å². The summed E-state index contributed by atoms with van der Waals surface area (Å²) in [6, 6.07) is 10.6. The first-order valence-electron chi connectivity index (χ1n) is 9.43. The second-order valence-corrected chi connectivity index (χ2v) is 7.37. The predicted octanol–water partition coefficient (Wildman–Crippen LogP) is 2.61. The summed E-state index contributed by atoms with van der Waals surface area (Å²) in [4.78, 5) is 25.5. The fourth-order valence-electron chi connectivity index (χ4n) is 4.07. The molecule has 1 saturated carbocycles. The lowest BCUT2D eigenvalue weighted by Crippen LogP contribution is -2.22. The lowest BCUT2D eigenvalue weighted by atomic mass is 9.96. The Kier molecular flexibility index (Phi) is 4.03. The van der Waals surface area contributed by atoms with Crippen LogP contribution in [0.4, 0.5) is 0 Å². The van der Waals surface area contributed by atoms with Gasteiger partial charge < -0.3 is 9.09 Å². The Balaban J connectivity index is 1.34. The Morgan fingerprint density at radius 1 is 1.11 bits per heavy atom. The molecular formula is C20H20N6O2. The SMILES string of the molecule is Cn1cnc2ncn(Cc3nc(C4CCC(c5ccccc5)C4)no3)c(=O)c21. The minimum atomic E-state index is -0.172. The highest BCUT2D eigenvalue weighted by atomic mass is 16.5. The third kappa shape index (κ3) is 2.90. The summed E-state index contributed by atoms with van der Waals surface area (Å²) in [5.74, 6) is 1.98. The molecule has 0 aliphatic heterocycles. The highest BCUT2D eigenvalue weighted by molar-refractivity contribution is 5.68. The second kappa shape index (κ2) is 6.70. The van der Waals surface area contributed by atoms with Crippen molar-refractivity contribution < 1.29 is 4.52 Å². The van der Waals surface area contributed by atoms with Crippen molar-refractivity contribution in [2.45, 2.75) is 37.6 Å². The number of rotatable bonds is 4. The molecule has 28 heavy (non-hydrogen) atoms. The maximum atomic E-state index is 12.6. The topological polar surface area (TPSA) is 91.6 Å². The van der Waals surface area contributed by atoms with Gasteiger partial charge in [-0.05, 0) is 30.7 Å². The quantitative estimate of drug-likeness (QED) is 0.544. The minimum Gasteiger partial charge on any atom is -0.337 e. The predicted molar refractivity (Wildman–Crippen MR) is 102 cm³/mol. The number of hydrogen-bond donors (Lipinski definition) is 0. The van der Waals surface area contributed by atoms with E-state index in [1.54, 1.807) is 17.9 Å². The maximum absolute atomic E-state index is 12.6. The van der Waals surface area contributed by atoms with Gasteiger partial charge in [-0.25, -0.2) is 9.97 Å². The number of benzene rings is 1. The van der Waals surface area contributed by atoms with Crippen LogP contribution in [0.1, 0.15) is 48.4 Å². The van der Waals surface area contributed by atoms with Gasteiger partial charge in [-0.3, -0.25) is 9.36 Å². The number of nitrogens with zero attached hydrogens (tertiary/aromatic N) is 6. The molecule has 4 aromatic rings. The summed E-state index contributed by atoms with van der Waals surface area (Å²) >= 11 is 0. The van der Waals surface area contributed by atoms with Gasteiger partial charge in [-0.2, -0.15) is 4.98 Å². The van der Waals surface area contributed by atoms with Crippen molar-refractivity contribution in [1.82, 2.24) is 29.2 Å². The summed E-state index contributed by atoms with van der Waals surface area (Å²) in [6.07, 6.45) is 6.24. The molecule has 0 N–H and O–H groups in total. The fourth-order valence-corrected chi connectivity index (χ4v) is 4.07. The van der Waals surface area contributed by atoms with Gasteiger partial charge >= 0.3 is 0 Å². The monoisotopic (exact) mass is 376 g/mol. The lowest BCUT2D eigenvalue weighted by Gasteiger charge is -2.09. The zero-order valence-electron chi connectivity index (χ0n) is 15.5. The van der Waals surface area contributed by atoms with E-state index in [-0.39, 0.29) is 18.0 Å². The Labute approximate surface area is 160 Å². The largest absolute Gasteiger partial charge is 0.337 e. The summed E-state index contributed by atoms with van der Waals surface area (Å²) in [5, 5.41) is 4.18. The molecule has 1 aliphatic rings. The molecule has 3 aromatic heterocycles. The average molecular weight is 376 g/mol. The normalized spacial score (nSPS) is 19.5. The van der Waals surface area contributed by atoms with E-state index in [1.165, 1.54) is 16.5 Å². The molecule has 8 heteroatoms. The highest BCUT2D eigenvalue weighted by Gasteiger charge is 2.30. The van der Waals surface area contributed by atoms with Crippen LogP contribution >= 0.6 is 0 Å². The van der Waals surface area contributed by atoms with Crippen molar-refractivity contribution in [3.63, 3.8) is 0 Å². The van der Waals surface area contributed by atoms with E-state index >= 15 is 0 Å². The standard InChI is InChI=1S/C20H20N6O2/c1-25-11-21-19-17(25)20(27)26(12-22-19)10-16-23-18(24-28-16)15-8-7-14(9-15)13-5-3-2-4-6-13/h2-6,11-12,14-15H,7-10H2,1H3. The van der Waals surface area contributed by atoms with Crippen molar-refractivity contribution >= 4 is 11.2 Å². The van der Waals surface area contributed by atoms with Crippen LogP contribution in [-0.4, -0.2) is 29.2 Å². The molecule has 142 valence electrons. The minimum absolute atomic E-state index is 0.172. The van der Waals surface area contributed by atoms with E-state index in [1.807, 2.05) is 6.07 Å². The molecule has 0 amide bonds. The number of hydrogen-bond acceptors (Lipinski definition) is 6. The zero-order valence-corrected chi connectivity index (χ0v) is 15.5. The van der Waals surface area contributed by atoms with Crippen LogP contribution in [0, 0.1) is 0 Å². The van der Waals surface area contributed by atoms with E-state index in [0.717, 1.165) is 25.1 Å². The van der Waals surface area contributed by atoms with Crippen LogP contribution in [0.25, 0.3) is 11.2 Å². The third-order valence-corrected chi connectivity index (χ3v) is 5.56. The fraction of sp³-hybridized carbons (Fsp3) is 0.350. The average Bonchev–Trinajstić information content (AvgIpc) is 3.45. The summed E-state index contributed by atoms with van der Waals surface area (Å²) in [7, 11) is 1.77. The molecule has 1 fully saturated rings. The number of aromatic nitrogens is 6. The van der Waals surface area contributed by atoms with Gasteiger partial charge in [-0.1, -0.05) is 35.5 Å². The summed E-state index contributed by atoms with van der Waals surface area (Å²) < 4.78 is 8.57. The van der Waals surface area contributed by atoms with Crippen LogP contribution in [0.2, 0.25) is 0 Å². The Morgan fingerprint density at radius 3 is 2.75 bits per heavy atom. The van der Waals surface area contributed by atoms with Crippen LogP contribution in [0.3, 0.4) is 0 Å². The number of fused-ring (bicyclic) bond motifs is 1.